The molecule has 0 fully saturated rings. The number of hydrogen-bond donors (Lipinski definition) is 0. The molecule has 1 aromatic heterocycles. The van der Waals surface area contributed by atoms with Crippen LogP contribution in [0.4, 0.5) is 5.69 Å². The van der Waals surface area contributed by atoms with Gasteiger partial charge in [-0.2, -0.15) is 0 Å². The highest BCUT2D eigenvalue weighted by molar-refractivity contribution is 14.1. The lowest BCUT2D eigenvalue weighted by atomic mass is 9.94. The molecular weight excluding hydrogens is 363 g/mol. The van der Waals surface area contributed by atoms with Crippen LogP contribution in [0.1, 0.15) is 17.5 Å². The van der Waals surface area contributed by atoms with Gasteiger partial charge in [-0.05, 0) is 70.3 Å². The summed E-state index contributed by atoms with van der Waals surface area (Å²) in [5.74, 6) is 0.278. The summed E-state index contributed by atoms with van der Waals surface area (Å²) in [6.07, 6.45) is 6.25. The predicted molar refractivity (Wildman–Crippen MR) is 86.8 cm³/mol. The fourth-order valence-electron chi connectivity index (χ4n) is 3.19. The summed E-state index contributed by atoms with van der Waals surface area (Å²) in [6.45, 7) is 0.842. The summed E-state index contributed by atoms with van der Waals surface area (Å²) in [5.41, 5.74) is 6.19. The van der Waals surface area contributed by atoms with Crippen LogP contribution >= 0.6 is 22.6 Å². The highest BCUT2D eigenvalue weighted by Crippen LogP contribution is 2.39. The topological polar surface area (TPSA) is 33.2 Å². The first-order chi connectivity index (χ1) is 9.72. The number of anilines is 1. The van der Waals surface area contributed by atoms with Crippen molar-refractivity contribution in [3.8, 4) is 11.1 Å². The van der Waals surface area contributed by atoms with Crippen LogP contribution < -0.4 is 4.90 Å². The van der Waals surface area contributed by atoms with Crippen LogP contribution in [0.2, 0.25) is 0 Å². The van der Waals surface area contributed by atoms with E-state index < -0.39 is 0 Å². The molecule has 0 saturated heterocycles. The third kappa shape index (κ3) is 1.85. The van der Waals surface area contributed by atoms with Gasteiger partial charge in [-0.15, -0.1) is 0 Å². The molecule has 4 heteroatoms. The molecule has 2 aliphatic heterocycles. The maximum absolute atomic E-state index is 11.9. The van der Waals surface area contributed by atoms with Crippen molar-refractivity contribution in [3.05, 3.63) is 45.3 Å². The van der Waals surface area contributed by atoms with Crippen molar-refractivity contribution in [2.24, 2.45) is 0 Å². The number of amides is 1. The van der Waals surface area contributed by atoms with E-state index in [0.29, 0.717) is 6.42 Å². The number of rotatable bonds is 1. The smallest absolute Gasteiger partial charge is 0.227 e. The first kappa shape index (κ1) is 12.3. The molecule has 20 heavy (non-hydrogen) atoms. The number of aryl methyl sites for hydroxylation is 1. The molecule has 100 valence electrons. The molecule has 2 aromatic rings. The van der Waals surface area contributed by atoms with Crippen LogP contribution in [0.25, 0.3) is 11.1 Å². The van der Waals surface area contributed by atoms with Gasteiger partial charge < -0.3 is 4.90 Å². The Morgan fingerprint density at radius 2 is 1.80 bits per heavy atom. The Morgan fingerprint density at radius 3 is 2.60 bits per heavy atom. The minimum atomic E-state index is 0.278. The third-order valence-electron chi connectivity index (χ3n) is 4.09. The normalized spacial score (nSPS) is 16.4. The maximum Gasteiger partial charge on any atom is 0.227 e. The van der Waals surface area contributed by atoms with Gasteiger partial charge in [0, 0.05) is 34.5 Å². The molecule has 2 aliphatic rings. The van der Waals surface area contributed by atoms with Gasteiger partial charge in [-0.25, -0.2) is 0 Å². The van der Waals surface area contributed by atoms with E-state index in [1.807, 2.05) is 17.3 Å². The molecule has 1 aromatic carbocycles. The summed E-state index contributed by atoms with van der Waals surface area (Å²) in [5, 5.41) is 0. The number of carbonyl (C=O) groups is 1. The zero-order chi connectivity index (χ0) is 13.7. The van der Waals surface area contributed by atoms with Gasteiger partial charge in [-0.1, -0.05) is 0 Å². The third-order valence-corrected chi connectivity index (χ3v) is 4.68. The Kier molecular flexibility index (Phi) is 2.80. The standard InChI is InChI=1S/C16H13IN2O/c17-14-7-13(8-18-9-14)12-5-10-1-2-15(20)19-4-3-11(6-12)16(10)19/h5-9H,1-4H2. The van der Waals surface area contributed by atoms with Crippen molar-refractivity contribution >= 4 is 34.2 Å². The van der Waals surface area contributed by atoms with Crippen LogP contribution in [0, 0.1) is 3.57 Å². The first-order valence-electron chi connectivity index (χ1n) is 6.79. The van der Waals surface area contributed by atoms with Crippen molar-refractivity contribution in [1.82, 2.24) is 4.98 Å². The average molecular weight is 376 g/mol. The average Bonchev–Trinajstić information content (AvgIpc) is 2.88. The lowest BCUT2D eigenvalue weighted by Crippen LogP contribution is -2.32. The van der Waals surface area contributed by atoms with E-state index in [0.717, 1.165) is 28.5 Å². The van der Waals surface area contributed by atoms with E-state index in [1.54, 1.807) is 0 Å². The predicted octanol–water partition coefficient (Wildman–Crippen LogP) is 3.19. The second-order valence-electron chi connectivity index (χ2n) is 5.33. The molecule has 4 rings (SSSR count). The minimum Gasteiger partial charge on any atom is -0.312 e. The molecule has 0 bridgehead atoms. The van der Waals surface area contributed by atoms with E-state index in [2.05, 4.69) is 45.8 Å². The van der Waals surface area contributed by atoms with E-state index in [-0.39, 0.29) is 5.91 Å². The Hall–Kier alpha value is -1.43. The maximum atomic E-state index is 11.9. The van der Waals surface area contributed by atoms with Crippen LogP contribution in [-0.2, 0) is 17.6 Å². The van der Waals surface area contributed by atoms with Gasteiger partial charge in [0.25, 0.3) is 0 Å². The summed E-state index contributed by atoms with van der Waals surface area (Å²) >= 11 is 2.29. The van der Waals surface area contributed by atoms with Crippen molar-refractivity contribution in [2.45, 2.75) is 19.3 Å². The zero-order valence-corrected chi connectivity index (χ0v) is 13.1. The van der Waals surface area contributed by atoms with Gasteiger partial charge in [0.1, 0.15) is 0 Å². The molecule has 0 N–H and O–H groups in total. The van der Waals surface area contributed by atoms with Crippen LogP contribution in [0.5, 0.6) is 0 Å². The van der Waals surface area contributed by atoms with Crippen molar-refractivity contribution in [3.63, 3.8) is 0 Å². The summed E-state index contributed by atoms with van der Waals surface area (Å²) in [6, 6.07) is 6.61. The molecule has 0 radical (unpaired) electrons. The lowest BCUT2D eigenvalue weighted by Gasteiger charge is -2.25. The van der Waals surface area contributed by atoms with Gasteiger partial charge in [-0.3, -0.25) is 9.78 Å². The summed E-state index contributed by atoms with van der Waals surface area (Å²) in [4.78, 5) is 18.2. The Balaban J connectivity index is 1.87. The minimum absolute atomic E-state index is 0.278. The van der Waals surface area contributed by atoms with Gasteiger partial charge in [0.05, 0.1) is 5.69 Å². The highest BCUT2D eigenvalue weighted by Gasteiger charge is 2.31. The highest BCUT2D eigenvalue weighted by atomic mass is 127. The molecule has 3 nitrogen and oxygen atoms in total. The number of benzene rings is 1. The number of hydrogen-bond acceptors (Lipinski definition) is 2. The monoisotopic (exact) mass is 376 g/mol. The van der Waals surface area contributed by atoms with Gasteiger partial charge in [0.15, 0.2) is 0 Å². The second-order valence-corrected chi connectivity index (χ2v) is 6.58. The second kappa shape index (κ2) is 4.55. The summed E-state index contributed by atoms with van der Waals surface area (Å²) in [7, 11) is 0. The van der Waals surface area contributed by atoms with Gasteiger partial charge >= 0.3 is 0 Å². The molecule has 0 aliphatic carbocycles. The number of nitrogens with zero attached hydrogens (tertiary/aromatic N) is 2. The molecule has 1 amide bonds. The van der Waals surface area contributed by atoms with E-state index in [1.165, 1.54) is 22.4 Å². The molecule has 0 saturated carbocycles. The number of pyridine rings is 1. The molecule has 3 heterocycles. The largest absolute Gasteiger partial charge is 0.312 e. The molecular formula is C16H13IN2O. The molecule has 0 atom stereocenters. The van der Waals surface area contributed by atoms with Crippen LogP contribution in [0.3, 0.4) is 0 Å². The fraction of sp³-hybridized carbons (Fsp3) is 0.250. The SMILES string of the molecule is O=C1CCc2cc(-c3cncc(I)c3)cc3c2N1CC3. The molecule has 0 unspecified atom stereocenters. The lowest BCUT2D eigenvalue weighted by molar-refractivity contribution is -0.118. The van der Waals surface area contributed by atoms with E-state index in [4.69, 9.17) is 0 Å². The number of carbonyl (C=O) groups excluding carboxylic acids is 1. The van der Waals surface area contributed by atoms with Crippen molar-refractivity contribution in [1.29, 1.82) is 0 Å². The van der Waals surface area contributed by atoms with Crippen LogP contribution in [0.15, 0.2) is 30.6 Å². The first-order valence-corrected chi connectivity index (χ1v) is 7.87. The van der Waals surface area contributed by atoms with E-state index >= 15 is 0 Å². The number of halogens is 1. The molecule has 0 spiro atoms. The van der Waals surface area contributed by atoms with Crippen LogP contribution in [-0.4, -0.2) is 17.4 Å². The Bertz CT molecular complexity index is 726. The van der Waals surface area contributed by atoms with Gasteiger partial charge in [0.2, 0.25) is 5.91 Å². The summed E-state index contributed by atoms with van der Waals surface area (Å²) < 4.78 is 1.14. The quantitative estimate of drug-likeness (QED) is 0.717. The number of aromatic nitrogens is 1. The Labute approximate surface area is 131 Å². The zero-order valence-electron chi connectivity index (χ0n) is 10.9. The fourth-order valence-corrected chi connectivity index (χ4v) is 3.69. The van der Waals surface area contributed by atoms with E-state index in [9.17, 15) is 4.79 Å². The Morgan fingerprint density at radius 1 is 1.00 bits per heavy atom. The van der Waals surface area contributed by atoms with Crippen molar-refractivity contribution < 1.29 is 4.79 Å². The van der Waals surface area contributed by atoms with Crippen molar-refractivity contribution in [2.75, 3.05) is 11.4 Å².